The third-order valence-corrected chi connectivity index (χ3v) is 5.25. The summed E-state index contributed by atoms with van der Waals surface area (Å²) in [5.41, 5.74) is 1.25. The van der Waals surface area contributed by atoms with E-state index >= 15 is 0 Å². The fourth-order valence-electron chi connectivity index (χ4n) is 3.01. The molecule has 0 aliphatic carbocycles. The van der Waals surface area contributed by atoms with Crippen molar-refractivity contribution in [3.05, 3.63) is 42.2 Å². The van der Waals surface area contributed by atoms with Crippen LogP contribution in [0, 0.1) is 0 Å². The van der Waals surface area contributed by atoms with Crippen LogP contribution in [0.15, 0.2) is 36.7 Å². The van der Waals surface area contributed by atoms with Crippen LogP contribution >= 0.6 is 11.8 Å². The third-order valence-electron chi connectivity index (χ3n) is 4.20. The summed E-state index contributed by atoms with van der Waals surface area (Å²) >= 11 is 1.33. The number of hydrogen-bond donors (Lipinski definition) is 0. The molecule has 1 aromatic heterocycles. The Morgan fingerprint density at radius 2 is 1.88 bits per heavy atom. The first kappa shape index (κ1) is 16.7. The Morgan fingerprint density at radius 3 is 2.58 bits per heavy atom. The minimum atomic E-state index is -0.0377. The summed E-state index contributed by atoms with van der Waals surface area (Å²) < 4.78 is 0. The van der Waals surface area contributed by atoms with Gasteiger partial charge in [-0.05, 0) is 31.9 Å². The summed E-state index contributed by atoms with van der Waals surface area (Å²) in [7, 11) is 0. The summed E-state index contributed by atoms with van der Waals surface area (Å²) in [6, 6.07) is 7.50. The maximum Gasteiger partial charge on any atom is 0.256 e. The minimum absolute atomic E-state index is 0.0377. The molecule has 2 unspecified atom stereocenters. The first-order valence-electron chi connectivity index (χ1n) is 8.00. The number of rotatable bonds is 3. The fraction of sp³-hybridized carbons (Fsp3) is 0.412. The minimum Gasteiger partial charge on any atom is -0.335 e. The van der Waals surface area contributed by atoms with E-state index in [0.717, 1.165) is 12.8 Å². The molecule has 2 aromatic rings. The molecule has 6 nitrogen and oxygen atoms in total. The Bertz CT molecular complexity index is 732. The molecule has 1 aliphatic rings. The van der Waals surface area contributed by atoms with Crippen molar-refractivity contribution in [2.24, 2.45) is 0 Å². The van der Waals surface area contributed by atoms with E-state index in [1.807, 2.05) is 23.1 Å². The zero-order valence-corrected chi connectivity index (χ0v) is 14.6. The Kier molecular flexibility index (Phi) is 4.99. The Morgan fingerprint density at radius 1 is 1.17 bits per heavy atom. The Labute approximate surface area is 145 Å². The quantitative estimate of drug-likeness (QED) is 0.856. The van der Waals surface area contributed by atoms with Crippen LogP contribution in [0.1, 0.15) is 37.0 Å². The zero-order valence-electron chi connectivity index (χ0n) is 13.8. The van der Waals surface area contributed by atoms with Crippen LogP contribution in [0.4, 0.5) is 0 Å². The van der Waals surface area contributed by atoms with Crippen LogP contribution < -0.4 is 0 Å². The summed E-state index contributed by atoms with van der Waals surface area (Å²) in [5.74, 6) is -0.0377. The lowest BCUT2D eigenvalue weighted by atomic mass is 10.0. The van der Waals surface area contributed by atoms with Crippen molar-refractivity contribution in [1.29, 1.82) is 0 Å². The Balaban J connectivity index is 1.87. The molecule has 1 amide bonds. The summed E-state index contributed by atoms with van der Waals surface area (Å²) in [4.78, 5) is 27.8. The van der Waals surface area contributed by atoms with E-state index in [0.29, 0.717) is 17.8 Å². The van der Waals surface area contributed by atoms with Gasteiger partial charge in [0.1, 0.15) is 0 Å². The maximum atomic E-state index is 13.1. The van der Waals surface area contributed by atoms with Crippen LogP contribution in [-0.2, 0) is 4.79 Å². The van der Waals surface area contributed by atoms with Crippen LogP contribution in [0.2, 0.25) is 0 Å². The van der Waals surface area contributed by atoms with Crippen molar-refractivity contribution in [2.75, 3.05) is 6.54 Å². The van der Waals surface area contributed by atoms with E-state index in [1.54, 1.807) is 25.4 Å². The first-order valence-corrected chi connectivity index (χ1v) is 8.88. The second-order valence-corrected chi connectivity index (χ2v) is 7.43. The lowest BCUT2D eigenvalue weighted by molar-refractivity contribution is -0.109. The van der Waals surface area contributed by atoms with Crippen molar-refractivity contribution in [1.82, 2.24) is 19.9 Å². The van der Waals surface area contributed by atoms with E-state index in [9.17, 15) is 9.59 Å². The molecular weight excluding hydrogens is 324 g/mol. The highest BCUT2D eigenvalue weighted by atomic mass is 32.2. The van der Waals surface area contributed by atoms with Gasteiger partial charge < -0.3 is 4.90 Å². The number of thioether (sulfide) groups is 1. The van der Waals surface area contributed by atoms with E-state index in [4.69, 9.17) is 0 Å². The number of piperidine rings is 1. The van der Waals surface area contributed by atoms with Crippen molar-refractivity contribution < 1.29 is 9.59 Å². The molecule has 0 bridgehead atoms. The van der Waals surface area contributed by atoms with E-state index in [1.165, 1.54) is 16.6 Å². The smallest absolute Gasteiger partial charge is 0.256 e. The SMILES string of the molecule is CC(=O)SC1CCC(C)N(C(=O)c2ccccc2-n2nccn2)C1. The number of para-hydroxylation sites is 1. The predicted molar refractivity (Wildman–Crippen MR) is 93.2 cm³/mol. The van der Waals surface area contributed by atoms with Crippen molar-refractivity contribution in [3.63, 3.8) is 0 Å². The molecular formula is C17H20N4O2S. The molecule has 0 N–H and O–H groups in total. The van der Waals surface area contributed by atoms with Gasteiger partial charge in [-0.3, -0.25) is 9.59 Å². The number of carbonyl (C=O) groups is 2. The average Bonchev–Trinajstić information content (AvgIpc) is 3.10. The predicted octanol–water partition coefficient (Wildman–Crippen LogP) is 2.54. The van der Waals surface area contributed by atoms with Gasteiger partial charge in [0, 0.05) is 24.8 Å². The van der Waals surface area contributed by atoms with Gasteiger partial charge in [0.2, 0.25) is 0 Å². The van der Waals surface area contributed by atoms with Gasteiger partial charge in [0.05, 0.1) is 23.6 Å². The van der Waals surface area contributed by atoms with Crippen molar-refractivity contribution >= 4 is 22.8 Å². The molecule has 1 aliphatic heterocycles. The van der Waals surface area contributed by atoms with Gasteiger partial charge in [-0.2, -0.15) is 15.0 Å². The monoisotopic (exact) mass is 344 g/mol. The molecule has 126 valence electrons. The van der Waals surface area contributed by atoms with Gasteiger partial charge in [-0.15, -0.1) is 0 Å². The molecule has 24 heavy (non-hydrogen) atoms. The maximum absolute atomic E-state index is 13.1. The van der Waals surface area contributed by atoms with E-state index < -0.39 is 0 Å². The fourth-order valence-corrected chi connectivity index (χ4v) is 3.97. The number of benzene rings is 1. The molecule has 3 rings (SSSR count). The van der Waals surface area contributed by atoms with Gasteiger partial charge >= 0.3 is 0 Å². The lowest BCUT2D eigenvalue weighted by Crippen LogP contribution is -2.47. The van der Waals surface area contributed by atoms with Crippen LogP contribution in [-0.4, -0.2) is 48.8 Å². The topological polar surface area (TPSA) is 68.1 Å². The van der Waals surface area contributed by atoms with Crippen molar-refractivity contribution in [3.8, 4) is 5.69 Å². The number of nitrogens with zero attached hydrogens (tertiary/aromatic N) is 4. The number of amides is 1. The summed E-state index contributed by atoms with van der Waals surface area (Å²) in [5, 5.41) is 8.53. The highest BCUT2D eigenvalue weighted by Gasteiger charge is 2.31. The highest BCUT2D eigenvalue weighted by Crippen LogP contribution is 2.28. The van der Waals surface area contributed by atoms with E-state index in [2.05, 4.69) is 17.1 Å². The van der Waals surface area contributed by atoms with Gasteiger partial charge in [-0.1, -0.05) is 23.9 Å². The third kappa shape index (κ3) is 3.51. The lowest BCUT2D eigenvalue weighted by Gasteiger charge is -2.37. The van der Waals surface area contributed by atoms with Crippen LogP contribution in [0.5, 0.6) is 0 Å². The second-order valence-electron chi connectivity index (χ2n) is 5.95. The van der Waals surface area contributed by atoms with Gasteiger partial charge in [0.25, 0.3) is 5.91 Å². The molecule has 1 saturated heterocycles. The van der Waals surface area contributed by atoms with Gasteiger partial charge in [-0.25, -0.2) is 0 Å². The molecule has 0 spiro atoms. The van der Waals surface area contributed by atoms with Crippen LogP contribution in [0.25, 0.3) is 5.69 Å². The number of likely N-dealkylation sites (tertiary alicyclic amines) is 1. The number of aromatic nitrogens is 3. The largest absolute Gasteiger partial charge is 0.335 e. The standard InChI is InChI=1S/C17H20N4O2S/c1-12-7-8-14(24-13(2)22)11-20(12)17(23)15-5-3-4-6-16(15)21-18-9-10-19-21/h3-6,9-10,12,14H,7-8,11H2,1-2H3. The first-order chi connectivity index (χ1) is 11.6. The zero-order chi connectivity index (χ0) is 17.1. The second kappa shape index (κ2) is 7.17. The summed E-state index contributed by atoms with van der Waals surface area (Å²) in [6.07, 6.45) is 5.03. The van der Waals surface area contributed by atoms with Gasteiger partial charge in [0.15, 0.2) is 5.12 Å². The molecule has 2 atom stereocenters. The van der Waals surface area contributed by atoms with Crippen LogP contribution in [0.3, 0.4) is 0 Å². The Hall–Kier alpha value is -2.15. The molecule has 2 heterocycles. The number of hydrogen-bond acceptors (Lipinski definition) is 5. The highest BCUT2D eigenvalue weighted by molar-refractivity contribution is 8.14. The normalized spacial score (nSPS) is 20.8. The molecule has 1 aromatic carbocycles. The molecule has 1 fully saturated rings. The van der Waals surface area contributed by atoms with E-state index in [-0.39, 0.29) is 22.3 Å². The molecule has 0 saturated carbocycles. The molecule has 7 heteroatoms. The average molecular weight is 344 g/mol. The number of carbonyl (C=O) groups excluding carboxylic acids is 2. The van der Waals surface area contributed by atoms with Crippen molar-refractivity contribution in [2.45, 2.75) is 38.0 Å². The molecule has 0 radical (unpaired) electrons. The summed E-state index contributed by atoms with van der Waals surface area (Å²) in [6.45, 7) is 4.22.